The second-order valence-corrected chi connectivity index (χ2v) is 7.98. The lowest BCUT2D eigenvalue weighted by atomic mass is 10.1. The van der Waals surface area contributed by atoms with Gasteiger partial charge in [0.25, 0.3) is 0 Å². The maximum absolute atomic E-state index is 9.44. The lowest BCUT2D eigenvalue weighted by Crippen LogP contribution is -3.13. The van der Waals surface area contributed by atoms with Gasteiger partial charge in [0, 0.05) is 16.6 Å². The van der Waals surface area contributed by atoms with Crippen molar-refractivity contribution in [2.24, 2.45) is 0 Å². The molecule has 1 aromatic heterocycles. The van der Waals surface area contributed by atoms with E-state index in [-0.39, 0.29) is 0 Å². The lowest BCUT2D eigenvalue weighted by Gasteiger charge is -2.33. The Morgan fingerprint density at radius 3 is 2.41 bits per heavy atom. The number of hydrogen-bond donors (Lipinski definition) is 2. The number of phenols is 1. The average Bonchev–Trinajstić information content (AvgIpc) is 3.18. The van der Waals surface area contributed by atoms with Crippen molar-refractivity contribution >= 4 is 17.0 Å². The number of phenolic OH excluding ortho intramolecular Hbond substituents is 1. The van der Waals surface area contributed by atoms with Crippen molar-refractivity contribution in [1.82, 2.24) is 4.98 Å². The average molecular weight is 381 g/mol. The highest BCUT2D eigenvalue weighted by Crippen LogP contribution is 2.24. The Morgan fingerprint density at radius 2 is 1.74 bits per heavy atom. The normalized spacial score (nSPS) is 15.2. The van der Waals surface area contributed by atoms with Crippen LogP contribution in [0.1, 0.15) is 18.2 Å². The molecule has 0 aliphatic carbocycles. The number of rotatable bonds is 5. The molecule has 140 valence electrons. The lowest BCUT2D eigenvalue weighted by molar-refractivity contribution is -0.914. The van der Waals surface area contributed by atoms with Crippen LogP contribution in [0.5, 0.6) is 5.75 Å². The van der Waals surface area contributed by atoms with E-state index >= 15 is 0 Å². The van der Waals surface area contributed by atoms with E-state index < -0.39 is 0 Å². The number of thiazole rings is 1. The maximum atomic E-state index is 9.44. The number of nitrogens with one attached hydrogen (secondary N) is 1. The summed E-state index contributed by atoms with van der Waals surface area (Å²) in [7, 11) is 0. The summed E-state index contributed by atoms with van der Waals surface area (Å²) in [5.74, 6) is 0.326. The molecule has 2 aromatic carbocycles. The third-order valence-electron chi connectivity index (χ3n) is 5.28. The van der Waals surface area contributed by atoms with E-state index in [0.29, 0.717) is 5.75 Å². The summed E-state index contributed by atoms with van der Waals surface area (Å²) < 4.78 is 0. The van der Waals surface area contributed by atoms with Crippen LogP contribution in [0.3, 0.4) is 0 Å². The molecule has 4 nitrogen and oxygen atoms in total. The van der Waals surface area contributed by atoms with E-state index in [1.807, 2.05) is 12.1 Å². The highest BCUT2D eigenvalue weighted by Gasteiger charge is 2.21. The second-order valence-electron chi connectivity index (χ2n) is 7.12. The number of aryl methyl sites for hydroxylation is 1. The molecule has 1 aliphatic heterocycles. The number of benzene rings is 2. The Kier molecular flexibility index (Phi) is 5.41. The van der Waals surface area contributed by atoms with Crippen molar-refractivity contribution in [2.75, 3.05) is 31.1 Å². The van der Waals surface area contributed by atoms with Crippen molar-refractivity contribution in [1.29, 1.82) is 0 Å². The quantitative estimate of drug-likeness (QED) is 0.715. The molecule has 0 atom stereocenters. The highest BCUT2D eigenvalue weighted by molar-refractivity contribution is 7.13. The summed E-state index contributed by atoms with van der Waals surface area (Å²) in [4.78, 5) is 8.85. The fourth-order valence-corrected chi connectivity index (χ4v) is 4.41. The van der Waals surface area contributed by atoms with Gasteiger partial charge >= 0.3 is 0 Å². The molecule has 3 aromatic rings. The molecule has 2 heterocycles. The summed E-state index contributed by atoms with van der Waals surface area (Å²) in [6.07, 6.45) is 1.07. The van der Waals surface area contributed by atoms with Crippen molar-refractivity contribution in [3.63, 3.8) is 0 Å². The van der Waals surface area contributed by atoms with Gasteiger partial charge in [0.05, 0.1) is 26.2 Å². The van der Waals surface area contributed by atoms with Gasteiger partial charge in [0.1, 0.15) is 23.0 Å². The largest absolute Gasteiger partial charge is 0.508 e. The van der Waals surface area contributed by atoms with Gasteiger partial charge in [-0.15, -0.1) is 11.3 Å². The number of anilines is 1. The van der Waals surface area contributed by atoms with Crippen LogP contribution in [0.15, 0.2) is 53.9 Å². The van der Waals surface area contributed by atoms with Crippen molar-refractivity contribution in [3.05, 3.63) is 65.2 Å². The third-order valence-corrected chi connectivity index (χ3v) is 6.22. The summed E-state index contributed by atoms with van der Waals surface area (Å²) in [5, 5.41) is 12.8. The standard InChI is InChI=1S/C22H25N3OS/c1-2-17-3-5-18(6-4-17)22-23-19(16-27-22)15-24-11-13-25(14-12-24)20-7-9-21(26)10-8-20/h3-10,16,26H,2,11-15H2,1H3/p+1. The van der Waals surface area contributed by atoms with Crippen molar-refractivity contribution in [2.45, 2.75) is 19.9 Å². The zero-order chi connectivity index (χ0) is 18.6. The smallest absolute Gasteiger partial charge is 0.123 e. The number of aromatic hydroxyl groups is 1. The third kappa shape index (κ3) is 4.31. The fraction of sp³-hybridized carbons (Fsp3) is 0.318. The number of hydrogen-bond acceptors (Lipinski definition) is 4. The minimum atomic E-state index is 0.326. The van der Waals surface area contributed by atoms with Gasteiger partial charge in [0.2, 0.25) is 0 Å². The first kappa shape index (κ1) is 18.0. The van der Waals surface area contributed by atoms with E-state index in [0.717, 1.165) is 44.2 Å². The van der Waals surface area contributed by atoms with Gasteiger partial charge in [-0.1, -0.05) is 31.2 Å². The Hall–Kier alpha value is -2.37. The van der Waals surface area contributed by atoms with Crippen LogP contribution in [0.25, 0.3) is 10.6 Å². The minimum Gasteiger partial charge on any atom is -0.508 e. The molecule has 1 aliphatic rings. The van der Waals surface area contributed by atoms with Crippen molar-refractivity contribution in [3.8, 4) is 16.3 Å². The van der Waals surface area contributed by atoms with Gasteiger partial charge in [-0.3, -0.25) is 0 Å². The first-order valence-electron chi connectivity index (χ1n) is 9.62. The van der Waals surface area contributed by atoms with Gasteiger partial charge in [-0.2, -0.15) is 0 Å². The monoisotopic (exact) mass is 380 g/mol. The zero-order valence-corrected chi connectivity index (χ0v) is 16.5. The molecule has 4 rings (SSSR count). The van der Waals surface area contributed by atoms with Crippen LogP contribution >= 0.6 is 11.3 Å². The van der Waals surface area contributed by atoms with Crippen LogP contribution in [0.2, 0.25) is 0 Å². The molecule has 1 saturated heterocycles. The van der Waals surface area contributed by atoms with Gasteiger partial charge in [-0.25, -0.2) is 4.98 Å². The van der Waals surface area contributed by atoms with E-state index in [2.05, 4.69) is 41.5 Å². The molecule has 27 heavy (non-hydrogen) atoms. The molecule has 0 saturated carbocycles. The number of nitrogens with zero attached hydrogens (tertiary/aromatic N) is 2. The van der Waals surface area contributed by atoms with Crippen LogP contribution in [-0.4, -0.2) is 36.3 Å². The molecule has 0 amide bonds. The Labute approximate surface area is 164 Å². The van der Waals surface area contributed by atoms with E-state index in [9.17, 15) is 5.11 Å². The summed E-state index contributed by atoms with van der Waals surface area (Å²) >= 11 is 1.74. The van der Waals surface area contributed by atoms with Crippen LogP contribution in [0.4, 0.5) is 5.69 Å². The fourth-order valence-electron chi connectivity index (χ4n) is 3.58. The van der Waals surface area contributed by atoms with Crippen molar-refractivity contribution < 1.29 is 10.0 Å². The van der Waals surface area contributed by atoms with Gasteiger partial charge in [0.15, 0.2) is 0 Å². The topological polar surface area (TPSA) is 40.8 Å². The molecular formula is C22H26N3OS+. The number of piperazine rings is 1. The van der Waals surface area contributed by atoms with Crippen LogP contribution < -0.4 is 9.80 Å². The molecule has 1 fully saturated rings. The summed E-state index contributed by atoms with van der Waals surface area (Å²) in [5.41, 5.74) is 4.98. The van der Waals surface area contributed by atoms with Crippen LogP contribution in [-0.2, 0) is 13.0 Å². The first-order valence-corrected chi connectivity index (χ1v) is 10.5. The van der Waals surface area contributed by atoms with E-state index in [1.165, 1.54) is 22.5 Å². The Balaban J connectivity index is 1.34. The minimum absolute atomic E-state index is 0.326. The highest BCUT2D eigenvalue weighted by atomic mass is 32.1. The molecule has 5 heteroatoms. The Bertz CT molecular complexity index is 865. The Morgan fingerprint density at radius 1 is 1.04 bits per heavy atom. The molecule has 0 spiro atoms. The van der Waals surface area contributed by atoms with E-state index in [1.54, 1.807) is 28.4 Å². The summed E-state index contributed by atoms with van der Waals surface area (Å²) in [6.45, 7) is 7.47. The number of quaternary nitrogens is 1. The van der Waals surface area contributed by atoms with Crippen LogP contribution in [0, 0.1) is 0 Å². The molecule has 2 N–H and O–H groups in total. The predicted octanol–water partition coefficient (Wildman–Crippen LogP) is 2.98. The van der Waals surface area contributed by atoms with Gasteiger partial charge < -0.3 is 14.9 Å². The molecule has 0 unspecified atom stereocenters. The second kappa shape index (κ2) is 8.11. The SMILES string of the molecule is CCc1ccc(-c2nc(C[NH+]3CCN(c4ccc(O)cc4)CC3)cs2)cc1. The van der Waals surface area contributed by atoms with E-state index in [4.69, 9.17) is 4.98 Å². The molecule has 0 bridgehead atoms. The number of aromatic nitrogens is 1. The van der Waals surface area contributed by atoms with Gasteiger partial charge in [-0.05, 0) is 36.2 Å². The zero-order valence-electron chi connectivity index (χ0n) is 15.7. The maximum Gasteiger partial charge on any atom is 0.123 e. The summed E-state index contributed by atoms with van der Waals surface area (Å²) in [6, 6.07) is 16.3. The first-order chi connectivity index (χ1) is 13.2. The predicted molar refractivity (Wildman–Crippen MR) is 112 cm³/mol. The molecular weight excluding hydrogens is 354 g/mol. The molecule has 0 radical (unpaired) electrons.